The zero-order valence-electron chi connectivity index (χ0n) is 24.7. The first-order valence-corrected chi connectivity index (χ1v) is 14.7. The van der Waals surface area contributed by atoms with E-state index in [1.165, 1.54) is 0 Å². The third-order valence-corrected chi connectivity index (χ3v) is 6.85. The van der Waals surface area contributed by atoms with Crippen molar-refractivity contribution in [2.24, 2.45) is 16.5 Å². The fourth-order valence-corrected chi connectivity index (χ4v) is 4.29. The molecule has 0 unspecified atom stereocenters. The molecule has 0 spiro atoms. The van der Waals surface area contributed by atoms with E-state index in [-0.39, 0.29) is 30.9 Å². The van der Waals surface area contributed by atoms with E-state index in [9.17, 15) is 22.8 Å². The summed E-state index contributed by atoms with van der Waals surface area (Å²) in [4.78, 5) is 38.7. The van der Waals surface area contributed by atoms with Crippen LogP contribution in [0.5, 0.6) is 5.75 Å². The Morgan fingerprint density at radius 3 is 2.07 bits per heavy atom. The number of guanidine groups is 1. The predicted molar refractivity (Wildman–Crippen MR) is 170 cm³/mol. The first-order valence-electron chi connectivity index (χ1n) is 13.9. The quantitative estimate of drug-likeness (QED) is 0.0816. The molecule has 0 fully saturated rings. The second-order valence-electron chi connectivity index (χ2n) is 9.74. The van der Waals surface area contributed by atoms with E-state index in [0.717, 1.165) is 24.8 Å². The van der Waals surface area contributed by atoms with Crippen LogP contribution in [0.4, 0.5) is 18.9 Å². The first kappa shape index (κ1) is 37.7. The van der Waals surface area contributed by atoms with E-state index < -0.39 is 18.2 Å². The molecule has 7 N–H and O–H groups in total. The van der Waals surface area contributed by atoms with Gasteiger partial charge in [-0.05, 0) is 53.9 Å². The Kier molecular flexibility index (Phi) is 15.1. The molecule has 0 radical (unpaired) electrons. The molecule has 3 aromatic rings. The molecular formula is C31H34Cl2F3N5O5. The number of nitrogens with one attached hydrogen (secondary N) is 2. The van der Waals surface area contributed by atoms with Crippen molar-refractivity contribution in [1.29, 1.82) is 0 Å². The maximum atomic E-state index is 13.2. The van der Waals surface area contributed by atoms with Crippen molar-refractivity contribution in [2.75, 3.05) is 0 Å². The number of halogens is 5. The van der Waals surface area contributed by atoms with Crippen LogP contribution < -0.4 is 26.8 Å². The lowest BCUT2D eigenvalue weighted by Gasteiger charge is -2.20. The topological polar surface area (TPSA) is 169 Å². The van der Waals surface area contributed by atoms with Gasteiger partial charge in [-0.3, -0.25) is 9.59 Å². The summed E-state index contributed by atoms with van der Waals surface area (Å²) in [5.41, 5.74) is 13.6. The van der Waals surface area contributed by atoms with Crippen LogP contribution in [0.25, 0.3) is 0 Å². The number of alkyl halides is 3. The molecule has 0 heterocycles. The lowest BCUT2D eigenvalue weighted by atomic mass is 10.0. The summed E-state index contributed by atoms with van der Waals surface area (Å²) in [6.07, 6.45) is -2.03. The van der Waals surface area contributed by atoms with Crippen LogP contribution >= 0.6 is 23.2 Å². The number of nitrogens with zero attached hydrogens (tertiary/aromatic N) is 1. The number of unbranched alkanes of at least 4 members (excludes halogenated alkanes) is 2. The molecule has 0 saturated carbocycles. The summed E-state index contributed by atoms with van der Waals surface area (Å²) >= 11 is 12.5. The summed E-state index contributed by atoms with van der Waals surface area (Å²) in [5, 5.41) is 14.0. The smallest absolute Gasteiger partial charge is 0.489 e. The Balaban J connectivity index is 0.000000942. The number of carboxylic acids is 1. The van der Waals surface area contributed by atoms with Crippen molar-refractivity contribution in [3.05, 3.63) is 93.5 Å². The Labute approximate surface area is 273 Å². The number of amides is 2. The van der Waals surface area contributed by atoms with Crippen LogP contribution in [-0.2, 0) is 27.5 Å². The van der Waals surface area contributed by atoms with E-state index >= 15 is 0 Å². The Morgan fingerprint density at radius 2 is 1.54 bits per heavy atom. The van der Waals surface area contributed by atoms with Gasteiger partial charge in [0, 0.05) is 28.6 Å². The highest BCUT2D eigenvalue weighted by molar-refractivity contribution is 6.35. The zero-order valence-corrected chi connectivity index (χ0v) is 26.3. The third kappa shape index (κ3) is 13.2. The molecule has 3 aromatic carbocycles. The molecule has 0 saturated heterocycles. The molecule has 248 valence electrons. The van der Waals surface area contributed by atoms with E-state index in [1.54, 1.807) is 54.6 Å². The Bertz CT molecular complexity index is 1460. The summed E-state index contributed by atoms with van der Waals surface area (Å²) in [6, 6.07) is 18.5. The Hall–Kier alpha value is -4.49. The number of hydrogen-bond acceptors (Lipinski definition) is 5. The van der Waals surface area contributed by atoms with Gasteiger partial charge in [0.05, 0.1) is 5.69 Å². The van der Waals surface area contributed by atoms with Gasteiger partial charge in [-0.25, -0.2) is 9.79 Å². The molecular weight excluding hydrogens is 650 g/mol. The third-order valence-electron chi connectivity index (χ3n) is 6.14. The van der Waals surface area contributed by atoms with E-state index in [0.29, 0.717) is 39.0 Å². The number of carbonyl (C=O) groups is 3. The number of hydrogen-bond donors (Lipinski definition) is 5. The highest BCUT2D eigenvalue weighted by Gasteiger charge is 2.38. The summed E-state index contributed by atoms with van der Waals surface area (Å²) < 4.78 is 37.6. The maximum Gasteiger partial charge on any atom is 0.490 e. The number of ether oxygens (including phenoxy) is 1. The number of aliphatic carboxylic acids is 1. The van der Waals surface area contributed by atoms with Crippen LogP contribution in [-0.4, -0.2) is 35.0 Å². The van der Waals surface area contributed by atoms with Crippen LogP contribution in [0.15, 0.2) is 71.7 Å². The molecule has 0 aliphatic rings. The molecule has 0 bridgehead atoms. The van der Waals surface area contributed by atoms with Crippen molar-refractivity contribution < 1.29 is 37.4 Å². The fraction of sp³-hybridized carbons (Fsp3) is 0.290. The number of rotatable bonds is 13. The van der Waals surface area contributed by atoms with Crippen molar-refractivity contribution in [1.82, 2.24) is 10.6 Å². The predicted octanol–water partition coefficient (Wildman–Crippen LogP) is 6.16. The molecule has 1 atom stereocenters. The summed E-state index contributed by atoms with van der Waals surface area (Å²) in [6.45, 7) is 2.53. The molecule has 3 rings (SSSR count). The minimum absolute atomic E-state index is 0.0300. The van der Waals surface area contributed by atoms with Crippen LogP contribution in [0.3, 0.4) is 0 Å². The SMILES string of the molecule is CCCCCC(=O)N[C@H](C(=O)NCc1ccc(N=C(N)N)cc1)c1ccc(OCc2c(Cl)cccc2Cl)cc1.O=C(O)C(F)(F)F. The largest absolute Gasteiger partial charge is 0.490 e. The number of carboxylic acid groups (broad SMARTS) is 1. The van der Waals surface area contributed by atoms with Crippen LogP contribution in [0, 0.1) is 0 Å². The molecule has 0 aromatic heterocycles. The molecule has 46 heavy (non-hydrogen) atoms. The normalized spacial score (nSPS) is 11.3. The van der Waals surface area contributed by atoms with E-state index in [2.05, 4.69) is 22.5 Å². The summed E-state index contributed by atoms with van der Waals surface area (Å²) in [7, 11) is 0. The van der Waals surface area contributed by atoms with Gasteiger partial charge in [-0.15, -0.1) is 0 Å². The number of carbonyl (C=O) groups excluding carboxylic acids is 2. The molecule has 0 aliphatic heterocycles. The van der Waals surface area contributed by atoms with Gasteiger partial charge in [0.2, 0.25) is 11.8 Å². The van der Waals surface area contributed by atoms with Gasteiger partial charge in [0.1, 0.15) is 18.4 Å². The van der Waals surface area contributed by atoms with Gasteiger partial charge in [0.25, 0.3) is 0 Å². The van der Waals surface area contributed by atoms with Gasteiger partial charge in [-0.2, -0.15) is 13.2 Å². The number of benzene rings is 3. The molecule has 2 amide bonds. The number of aliphatic imine (C=N–C) groups is 1. The van der Waals surface area contributed by atoms with Gasteiger partial charge in [-0.1, -0.05) is 73.3 Å². The standard InChI is InChI=1S/C29H33Cl2N5O3.C2HF3O2/c1-2-3-4-8-26(37)36-27(28(38)34-17-19-9-13-21(14-10-19)35-29(32)33)20-11-15-22(16-12-20)39-18-23-24(30)6-5-7-25(23)31;3-2(4,5)1(6)7/h5-7,9-16,27H,2-4,8,17-18H2,1H3,(H,34,38)(H,36,37)(H4,32,33,35);(H,6,7)/t27-;/m0./s1. The zero-order chi connectivity index (χ0) is 34.3. The Morgan fingerprint density at radius 1 is 0.957 bits per heavy atom. The van der Waals surface area contributed by atoms with Gasteiger partial charge in [0.15, 0.2) is 5.96 Å². The second kappa shape index (κ2) is 18.5. The van der Waals surface area contributed by atoms with E-state index in [1.807, 2.05) is 12.1 Å². The van der Waals surface area contributed by atoms with Gasteiger partial charge < -0.3 is 31.9 Å². The maximum absolute atomic E-state index is 13.2. The monoisotopic (exact) mass is 683 g/mol. The lowest BCUT2D eigenvalue weighted by molar-refractivity contribution is -0.192. The van der Waals surface area contributed by atoms with Crippen LogP contribution in [0.2, 0.25) is 10.0 Å². The highest BCUT2D eigenvalue weighted by Crippen LogP contribution is 2.27. The van der Waals surface area contributed by atoms with Crippen molar-refractivity contribution >= 4 is 52.6 Å². The average molecular weight is 685 g/mol. The minimum atomic E-state index is -5.08. The van der Waals surface area contributed by atoms with Gasteiger partial charge >= 0.3 is 12.1 Å². The summed E-state index contributed by atoms with van der Waals surface area (Å²) in [5.74, 6) is -2.73. The number of nitrogens with two attached hydrogens (primary N) is 2. The molecule has 0 aliphatic carbocycles. The minimum Gasteiger partial charge on any atom is -0.489 e. The van der Waals surface area contributed by atoms with Crippen molar-refractivity contribution in [3.63, 3.8) is 0 Å². The van der Waals surface area contributed by atoms with Crippen molar-refractivity contribution in [2.45, 2.75) is 58.0 Å². The first-order chi connectivity index (χ1) is 21.7. The molecule has 15 heteroatoms. The van der Waals surface area contributed by atoms with Crippen LogP contribution in [0.1, 0.15) is 55.3 Å². The molecule has 10 nitrogen and oxygen atoms in total. The lowest BCUT2D eigenvalue weighted by Crippen LogP contribution is -2.40. The van der Waals surface area contributed by atoms with E-state index in [4.69, 9.17) is 49.3 Å². The average Bonchev–Trinajstić information content (AvgIpc) is 2.99. The van der Waals surface area contributed by atoms with Crippen molar-refractivity contribution in [3.8, 4) is 5.75 Å². The second-order valence-corrected chi connectivity index (χ2v) is 10.6. The fourth-order valence-electron chi connectivity index (χ4n) is 3.78. The highest BCUT2D eigenvalue weighted by atomic mass is 35.5.